The summed E-state index contributed by atoms with van der Waals surface area (Å²) in [6.07, 6.45) is 6.26. The van der Waals surface area contributed by atoms with Crippen LogP contribution in [-0.4, -0.2) is 35.1 Å². The maximum Gasteiger partial charge on any atom is 0.227 e. The molecular weight excluding hydrogens is 250 g/mol. The van der Waals surface area contributed by atoms with Crippen molar-refractivity contribution in [3.05, 3.63) is 17.5 Å². The van der Waals surface area contributed by atoms with E-state index >= 15 is 0 Å². The van der Waals surface area contributed by atoms with Crippen LogP contribution in [0.4, 0.5) is 5.95 Å². The molecule has 2 fully saturated rings. The molecular formula is C15H21N5. The molecule has 0 radical (unpaired) electrons. The van der Waals surface area contributed by atoms with Crippen molar-refractivity contribution in [1.82, 2.24) is 15.3 Å². The third-order valence-corrected chi connectivity index (χ3v) is 4.52. The molecule has 106 valence electrons. The summed E-state index contributed by atoms with van der Waals surface area (Å²) in [4.78, 5) is 11.4. The quantitative estimate of drug-likeness (QED) is 0.843. The van der Waals surface area contributed by atoms with E-state index in [4.69, 9.17) is 5.26 Å². The Labute approximate surface area is 120 Å². The Morgan fingerprint density at radius 1 is 1.30 bits per heavy atom. The van der Waals surface area contributed by atoms with E-state index in [1.54, 1.807) is 6.07 Å². The zero-order valence-corrected chi connectivity index (χ0v) is 12.0. The van der Waals surface area contributed by atoms with Gasteiger partial charge in [-0.05, 0) is 25.8 Å². The van der Waals surface area contributed by atoms with E-state index in [0.29, 0.717) is 5.69 Å². The number of nitrogens with zero attached hydrogens (tertiary/aromatic N) is 4. The zero-order valence-electron chi connectivity index (χ0n) is 12.0. The van der Waals surface area contributed by atoms with Crippen molar-refractivity contribution >= 4 is 5.95 Å². The van der Waals surface area contributed by atoms with Gasteiger partial charge in [-0.15, -0.1) is 0 Å². The van der Waals surface area contributed by atoms with Crippen molar-refractivity contribution in [1.29, 1.82) is 5.26 Å². The van der Waals surface area contributed by atoms with E-state index < -0.39 is 0 Å². The second kappa shape index (κ2) is 5.37. The molecule has 2 aliphatic rings. The molecule has 0 unspecified atom stereocenters. The monoisotopic (exact) mass is 271 g/mol. The van der Waals surface area contributed by atoms with Gasteiger partial charge in [0.25, 0.3) is 0 Å². The van der Waals surface area contributed by atoms with E-state index in [-0.39, 0.29) is 5.54 Å². The van der Waals surface area contributed by atoms with Gasteiger partial charge in [0.15, 0.2) is 0 Å². The van der Waals surface area contributed by atoms with Crippen LogP contribution in [0.3, 0.4) is 0 Å². The number of anilines is 1. The number of hydrogen-bond acceptors (Lipinski definition) is 5. The van der Waals surface area contributed by atoms with Gasteiger partial charge in [-0.1, -0.05) is 19.3 Å². The molecule has 1 aromatic heterocycles. The second-order valence-corrected chi connectivity index (χ2v) is 5.92. The van der Waals surface area contributed by atoms with Crippen LogP contribution in [0, 0.1) is 18.3 Å². The summed E-state index contributed by atoms with van der Waals surface area (Å²) in [6.45, 7) is 4.82. The van der Waals surface area contributed by atoms with Gasteiger partial charge < -0.3 is 10.2 Å². The molecule has 5 nitrogen and oxygen atoms in total. The van der Waals surface area contributed by atoms with Gasteiger partial charge in [-0.3, -0.25) is 0 Å². The molecule has 0 atom stereocenters. The van der Waals surface area contributed by atoms with Crippen molar-refractivity contribution in [2.75, 3.05) is 24.5 Å². The first-order valence-electron chi connectivity index (χ1n) is 7.48. The Balaban J connectivity index is 1.97. The molecule has 1 saturated carbocycles. The molecule has 1 saturated heterocycles. The first-order chi connectivity index (χ1) is 9.73. The average Bonchev–Trinajstić information content (AvgIpc) is 2.48. The van der Waals surface area contributed by atoms with Gasteiger partial charge in [-0.2, -0.15) is 5.26 Å². The predicted octanol–water partition coefficient (Wildman–Crippen LogP) is 1.77. The number of nitrogens with one attached hydrogen (secondary N) is 1. The number of hydrogen-bond donors (Lipinski definition) is 1. The van der Waals surface area contributed by atoms with Gasteiger partial charge in [0.05, 0.1) is 5.54 Å². The smallest absolute Gasteiger partial charge is 0.227 e. The first kappa shape index (κ1) is 13.3. The Kier molecular flexibility index (Phi) is 3.58. The summed E-state index contributed by atoms with van der Waals surface area (Å²) >= 11 is 0. The van der Waals surface area contributed by atoms with Crippen LogP contribution >= 0.6 is 0 Å². The maximum absolute atomic E-state index is 9.12. The predicted molar refractivity (Wildman–Crippen MR) is 77.5 cm³/mol. The maximum atomic E-state index is 9.12. The molecule has 3 rings (SSSR count). The normalized spacial score (nSPS) is 21.7. The molecule has 0 aromatic carbocycles. The zero-order chi connectivity index (χ0) is 14.0. The van der Waals surface area contributed by atoms with Crippen LogP contribution in [0.5, 0.6) is 0 Å². The minimum atomic E-state index is 0.150. The van der Waals surface area contributed by atoms with Crippen LogP contribution in [0.15, 0.2) is 6.07 Å². The Bertz CT molecular complexity index is 519. The summed E-state index contributed by atoms with van der Waals surface area (Å²) < 4.78 is 0. The lowest BCUT2D eigenvalue weighted by molar-refractivity contribution is 0.238. The highest BCUT2D eigenvalue weighted by molar-refractivity contribution is 5.41. The van der Waals surface area contributed by atoms with Crippen LogP contribution in [0.25, 0.3) is 0 Å². The Morgan fingerprint density at radius 2 is 2.10 bits per heavy atom. The lowest BCUT2D eigenvalue weighted by Gasteiger charge is -2.49. The summed E-state index contributed by atoms with van der Waals surface area (Å²) in [5, 5.41) is 12.6. The standard InChI is InChI=1S/C15H21N5/c1-12-9-13(10-16)19-14(18-12)20-8-7-17-11-15(20)5-3-2-4-6-15/h9,17H,2-8,11H2,1H3. The van der Waals surface area contributed by atoms with Crippen LogP contribution in [0.1, 0.15) is 43.5 Å². The number of rotatable bonds is 1. The van der Waals surface area contributed by atoms with E-state index in [9.17, 15) is 0 Å². The van der Waals surface area contributed by atoms with Crippen molar-refractivity contribution < 1.29 is 0 Å². The molecule has 5 heteroatoms. The van der Waals surface area contributed by atoms with Crippen LogP contribution in [-0.2, 0) is 0 Å². The largest absolute Gasteiger partial charge is 0.333 e. The van der Waals surface area contributed by atoms with Crippen LogP contribution in [0.2, 0.25) is 0 Å². The Hall–Kier alpha value is -1.67. The van der Waals surface area contributed by atoms with Gasteiger partial charge in [0, 0.05) is 25.3 Å². The molecule has 1 spiro atoms. The summed E-state index contributed by atoms with van der Waals surface area (Å²) in [7, 11) is 0. The summed E-state index contributed by atoms with van der Waals surface area (Å²) in [5.41, 5.74) is 1.49. The van der Waals surface area contributed by atoms with Gasteiger partial charge in [0.2, 0.25) is 5.95 Å². The highest BCUT2D eigenvalue weighted by Crippen LogP contribution is 2.36. The molecule has 1 aromatic rings. The number of piperazine rings is 1. The van der Waals surface area contributed by atoms with E-state index in [1.165, 1.54) is 32.1 Å². The van der Waals surface area contributed by atoms with E-state index in [1.807, 2.05) is 6.92 Å². The van der Waals surface area contributed by atoms with Crippen molar-refractivity contribution in [2.24, 2.45) is 0 Å². The molecule has 1 N–H and O–H groups in total. The van der Waals surface area contributed by atoms with Gasteiger partial charge >= 0.3 is 0 Å². The lowest BCUT2D eigenvalue weighted by atomic mass is 9.79. The number of nitriles is 1. The molecule has 20 heavy (non-hydrogen) atoms. The van der Waals surface area contributed by atoms with Crippen LogP contribution < -0.4 is 10.2 Å². The Morgan fingerprint density at radius 3 is 2.85 bits per heavy atom. The van der Waals surface area contributed by atoms with Gasteiger partial charge in [-0.25, -0.2) is 9.97 Å². The number of aromatic nitrogens is 2. The summed E-state index contributed by atoms with van der Waals surface area (Å²) in [5.74, 6) is 0.741. The third kappa shape index (κ3) is 2.36. The first-order valence-corrected chi connectivity index (χ1v) is 7.48. The SMILES string of the molecule is Cc1cc(C#N)nc(N2CCNCC23CCCCC3)n1. The summed E-state index contributed by atoms with van der Waals surface area (Å²) in [6, 6.07) is 3.89. The molecule has 1 aliphatic heterocycles. The van der Waals surface area contributed by atoms with E-state index in [0.717, 1.165) is 31.3 Å². The fourth-order valence-corrected chi connectivity index (χ4v) is 3.54. The highest BCUT2D eigenvalue weighted by atomic mass is 15.3. The highest BCUT2D eigenvalue weighted by Gasteiger charge is 2.41. The average molecular weight is 271 g/mol. The molecule has 0 amide bonds. The van der Waals surface area contributed by atoms with Crippen molar-refractivity contribution in [3.8, 4) is 6.07 Å². The molecule has 1 aliphatic carbocycles. The van der Waals surface area contributed by atoms with Crippen molar-refractivity contribution in [3.63, 3.8) is 0 Å². The third-order valence-electron chi connectivity index (χ3n) is 4.52. The fourth-order valence-electron chi connectivity index (χ4n) is 3.54. The van der Waals surface area contributed by atoms with E-state index in [2.05, 4.69) is 26.3 Å². The molecule has 2 heterocycles. The minimum absolute atomic E-state index is 0.150. The molecule has 0 bridgehead atoms. The minimum Gasteiger partial charge on any atom is -0.333 e. The fraction of sp³-hybridized carbons (Fsp3) is 0.667. The second-order valence-electron chi connectivity index (χ2n) is 5.92. The van der Waals surface area contributed by atoms with Crippen molar-refractivity contribution in [2.45, 2.75) is 44.6 Å². The van der Waals surface area contributed by atoms with Gasteiger partial charge in [0.1, 0.15) is 11.8 Å². The lowest BCUT2D eigenvalue weighted by Crippen LogP contribution is -2.62. The topological polar surface area (TPSA) is 64.8 Å². The number of aryl methyl sites for hydroxylation is 1.